The molecule has 3 heterocycles. The minimum absolute atomic E-state index is 0.0188. The zero-order valence-electron chi connectivity index (χ0n) is 18.0. The molecule has 1 N–H and O–H groups in total. The summed E-state index contributed by atoms with van der Waals surface area (Å²) >= 11 is 0. The van der Waals surface area contributed by atoms with Crippen molar-refractivity contribution in [2.75, 3.05) is 32.4 Å². The topological polar surface area (TPSA) is 82.0 Å². The minimum Gasteiger partial charge on any atom is -0.491 e. The molecule has 2 aliphatic heterocycles. The molecule has 0 aromatic carbocycles. The van der Waals surface area contributed by atoms with Crippen molar-refractivity contribution in [3.8, 4) is 5.75 Å². The molecule has 1 amide bonds. The average Bonchev–Trinajstić information content (AvgIpc) is 2.90. The van der Waals surface area contributed by atoms with Crippen LogP contribution in [-0.4, -0.2) is 51.9 Å². The first-order chi connectivity index (χ1) is 12.9. The number of amides is 1. The Morgan fingerprint density at radius 2 is 1.93 bits per heavy atom. The summed E-state index contributed by atoms with van der Waals surface area (Å²) in [6.45, 7) is 13.6. The molecule has 2 atom stereocenters. The number of pyridine rings is 1. The van der Waals surface area contributed by atoms with Gasteiger partial charge in [-0.3, -0.25) is 14.6 Å². The molecular weight excluding hydrogens is 378 g/mol. The van der Waals surface area contributed by atoms with Crippen molar-refractivity contribution in [2.24, 2.45) is 0 Å². The van der Waals surface area contributed by atoms with Crippen molar-refractivity contribution >= 4 is 14.2 Å². The molecule has 2 unspecified atom stereocenters. The summed E-state index contributed by atoms with van der Waals surface area (Å²) in [6.07, 6.45) is -0.317. The van der Waals surface area contributed by atoms with Crippen LogP contribution in [0.1, 0.15) is 50.0 Å². The van der Waals surface area contributed by atoms with Gasteiger partial charge >= 0.3 is 0 Å². The van der Waals surface area contributed by atoms with Crippen LogP contribution in [0.4, 0.5) is 0 Å². The first-order valence-electron chi connectivity index (χ1n) is 9.47. The maximum atomic E-state index is 12.9. The van der Waals surface area contributed by atoms with Gasteiger partial charge in [-0.15, -0.1) is 0 Å². The molecule has 0 spiro atoms. The number of aromatic nitrogens is 1. The first kappa shape index (κ1) is 20.9. The van der Waals surface area contributed by atoms with E-state index in [1.807, 2.05) is 11.9 Å². The van der Waals surface area contributed by atoms with Crippen LogP contribution < -0.4 is 20.5 Å². The number of nitrogens with one attached hydrogen (secondary N) is 1. The second-order valence-corrected chi connectivity index (χ2v) is 14.0. The normalized spacial score (nSPS) is 24.2. The molecule has 2 aliphatic rings. The van der Waals surface area contributed by atoms with E-state index in [0.29, 0.717) is 18.8 Å². The van der Waals surface area contributed by atoms with Crippen LogP contribution in [0, 0.1) is 0 Å². The molecule has 156 valence electrons. The van der Waals surface area contributed by atoms with Crippen molar-refractivity contribution in [3.05, 3.63) is 27.7 Å². The van der Waals surface area contributed by atoms with E-state index in [0.717, 1.165) is 0 Å². The van der Waals surface area contributed by atoms with E-state index in [2.05, 4.69) is 39.2 Å². The van der Waals surface area contributed by atoms with E-state index in [-0.39, 0.29) is 33.9 Å². The van der Waals surface area contributed by atoms with Gasteiger partial charge in [-0.2, -0.15) is 0 Å². The van der Waals surface area contributed by atoms with Gasteiger partial charge in [0, 0.05) is 13.2 Å². The smallest absolute Gasteiger partial charge is 0.275 e. The molecule has 1 aromatic rings. The van der Waals surface area contributed by atoms with Crippen molar-refractivity contribution < 1.29 is 18.7 Å². The van der Waals surface area contributed by atoms with Crippen LogP contribution in [0.25, 0.3) is 0 Å². The number of ether oxygens (including phenoxy) is 2. The second-order valence-electron chi connectivity index (χ2n) is 9.24. The molecule has 0 saturated carbocycles. The monoisotopic (exact) mass is 409 g/mol. The van der Waals surface area contributed by atoms with Gasteiger partial charge in [0.25, 0.3) is 5.91 Å². The molecule has 0 radical (unpaired) electrons. The van der Waals surface area contributed by atoms with Gasteiger partial charge in [0.2, 0.25) is 5.43 Å². The van der Waals surface area contributed by atoms with E-state index in [1.165, 1.54) is 13.2 Å². The number of rotatable bonds is 5. The summed E-state index contributed by atoms with van der Waals surface area (Å²) in [7, 11) is 0.890. The number of carbonyl (C=O) groups is 1. The highest BCUT2D eigenvalue weighted by molar-refractivity contribution is 6.74. The van der Waals surface area contributed by atoms with Crippen molar-refractivity contribution in [3.63, 3.8) is 0 Å². The van der Waals surface area contributed by atoms with Gasteiger partial charge in [0.1, 0.15) is 11.8 Å². The van der Waals surface area contributed by atoms with E-state index in [1.54, 1.807) is 11.8 Å². The number of methoxy groups -OCH3 is 2. The lowest BCUT2D eigenvalue weighted by Gasteiger charge is -2.45. The Bertz CT molecular complexity index is 860. The van der Waals surface area contributed by atoms with E-state index in [9.17, 15) is 9.59 Å². The second kappa shape index (κ2) is 6.60. The summed E-state index contributed by atoms with van der Waals surface area (Å²) in [4.78, 5) is 25.6. The highest BCUT2D eigenvalue weighted by atomic mass is 28.4. The molecule has 8 nitrogen and oxygen atoms in total. The molecule has 9 heteroatoms. The minimum atomic E-state index is -2.11. The van der Waals surface area contributed by atoms with Crippen molar-refractivity contribution in [2.45, 2.75) is 57.6 Å². The van der Waals surface area contributed by atoms with Crippen LogP contribution >= 0.6 is 0 Å². The van der Waals surface area contributed by atoms with Crippen LogP contribution in [-0.2, 0) is 9.16 Å². The maximum Gasteiger partial charge on any atom is 0.275 e. The van der Waals surface area contributed by atoms with Crippen LogP contribution in [0.3, 0.4) is 0 Å². The summed E-state index contributed by atoms with van der Waals surface area (Å²) in [6, 6.07) is 1.53. The van der Waals surface area contributed by atoms with Gasteiger partial charge in [-0.25, -0.2) is 4.68 Å². The fourth-order valence-corrected chi connectivity index (χ4v) is 4.89. The Morgan fingerprint density at radius 3 is 2.46 bits per heavy atom. The molecular formula is C19H31N3O5Si. The predicted octanol–water partition coefficient (Wildman–Crippen LogP) is 1.98. The van der Waals surface area contributed by atoms with Gasteiger partial charge in [0.15, 0.2) is 19.8 Å². The Labute approximate surface area is 166 Å². The van der Waals surface area contributed by atoms with E-state index < -0.39 is 14.0 Å². The molecule has 0 fully saturated rings. The first-order valence-corrected chi connectivity index (χ1v) is 12.4. The molecule has 0 aliphatic carbocycles. The quantitative estimate of drug-likeness (QED) is 0.749. The number of carbonyl (C=O) groups excluding carboxylic acids is 1. The summed E-state index contributed by atoms with van der Waals surface area (Å²) in [5.41, 5.74) is -0.193. The zero-order chi connectivity index (χ0) is 21.1. The molecule has 0 bridgehead atoms. The largest absolute Gasteiger partial charge is 0.491 e. The van der Waals surface area contributed by atoms with Crippen LogP contribution in [0.15, 0.2) is 10.9 Å². The average molecular weight is 410 g/mol. The Morgan fingerprint density at radius 1 is 1.29 bits per heavy atom. The van der Waals surface area contributed by atoms with Gasteiger partial charge in [-0.05, 0) is 25.1 Å². The third-order valence-electron chi connectivity index (χ3n) is 6.12. The van der Waals surface area contributed by atoms with Crippen molar-refractivity contribution in [1.29, 1.82) is 0 Å². The van der Waals surface area contributed by atoms with Crippen LogP contribution in [0.5, 0.6) is 5.75 Å². The number of hydrogen-bond donors (Lipinski definition) is 1. The SMILES string of the molecule is COCC1(C)NC(=O)c2c(OC)c(=O)cc3n2N1CC3O[Si](C)(C)C(C)(C)C. The highest BCUT2D eigenvalue weighted by Gasteiger charge is 2.50. The Balaban J connectivity index is 2.18. The van der Waals surface area contributed by atoms with Crippen molar-refractivity contribution in [1.82, 2.24) is 9.99 Å². The van der Waals surface area contributed by atoms with E-state index >= 15 is 0 Å². The molecule has 3 rings (SSSR count). The lowest BCUT2D eigenvalue weighted by molar-refractivity contribution is 0.0641. The zero-order valence-corrected chi connectivity index (χ0v) is 19.0. The maximum absolute atomic E-state index is 12.9. The molecule has 1 aromatic heterocycles. The van der Waals surface area contributed by atoms with Gasteiger partial charge in [-0.1, -0.05) is 20.8 Å². The van der Waals surface area contributed by atoms with Crippen LogP contribution in [0.2, 0.25) is 18.1 Å². The fraction of sp³-hybridized carbons (Fsp3) is 0.684. The number of hydrogen-bond acceptors (Lipinski definition) is 6. The Hall–Kier alpha value is -1.84. The highest BCUT2D eigenvalue weighted by Crippen LogP contribution is 2.43. The lowest BCUT2D eigenvalue weighted by Crippen LogP contribution is -2.68. The molecule has 28 heavy (non-hydrogen) atoms. The third kappa shape index (κ3) is 3.05. The standard InChI is InChI=1S/C19H31N3O5Si/c1-18(2,3)28(7,8)27-14-10-21-19(4,11-25-5)20-17(24)15-16(26-6)13(23)9-12(14)22(15)21/h9,14H,10-11H2,1-8H3,(H,20,24). The van der Waals surface area contributed by atoms with Gasteiger partial charge < -0.3 is 19.2 Å². The van der Waals surface area contributed by atoms with Gasteiger partial charge in [0.05, 0.1) is 26.0 Å². The fourth-order valence-electron chi connectivity index (χ4n) is 3.63. The predicted molar refractivity (Wildman–Crippen MR) is 109 cm³/mol. The lowest BCUT2D eigenvalue weighted by atomic mass is 10.1. The summed E-state index contributed by atoms with van der Waals surface area (Å²) in [5, 5.41) is 5.00. The summed E-state index contributed by atoms with van der Waals surface area (Å²) < 4.78 is 19.1. The Kier molecular flexibility index (Phi) is 4.92. The summed E-state index contributed by atoms with van der Waals surface area (Å²) in [5.74, 6) is -0.321. The molecule has 0 saturated heterocycles. The number of nitrogens with zero attached hydrogens (tertiary/aromatic N) is 2. The third-order valence-corrected chi connectivity index (χ3v) is 10.6. The van der Waals surface area contributed by atoms with E-state index in [4.69, 9.17) is 13.9 Å².